The maximum Gasteiger partial charge on any atom is 0.490 e. The Morgan fingerprint density at radius 3 is 2.33 bits per heavy atom. The summed E-state index contributed by atoms with van der Waals surface area (Å²) in [4.78, 5) is 28.8. The van der Waals surface area contributed by atoms with Crippen LogP contribution in [0.4, 0.5) is 19.0 Å². The van der Waals surface area contributed by atoms with Crippen molar-refractivity contribution < 1.29 is 23.1 Å². The summed E-state index contributed by atoms with van der Waals surface area (Å²) in [6.45, 7) is 6.92. The number of aryl methyl sites for hydroxylation is 1. The first kappa shape index (κ1) is 29.8. The van der Waals surface area contributed by atoms with E-state index in [1.807, 2.05) is 12.1 Å². The van der Waals surface area contributed by atoms with Crippen molar-refractivity contribution in [1.82, 2.24) is 19.9 Å². The highest BCUT2D eigenvalue weighted by Gasteiger charge is 2.38. The maximum absolute atomic E-state index is 10.6. The summed E-state index contributed by atoms with van der Waals surface area (Å²) in [7, 11) is 0. The largest absolute Gasteiger partial charge is 0.490 e. The van der Waals surface area contributed by atoms with Crippen molar-refractivity contribution in [2.45, 2.75) is 19.6 Å². The van der Waals surface area contributed by atoms with Gasteiger partial charge in [0, 0.05) is 43.8 Å². The smallest absolute Gasteiger partial charge is 0.475 e. The second-order valence-corrected chi connectivity index (χ2v) is 11.1. The second kappa shape index (κ2) is 12.6. The van der Waals surface area contributed by atoms with Crippen LogP contribution in [0.1, 0.15) is 16.7 Å². The number of alkyl halides is 3. The normalized spacial score (nSPS) is 13.8. The fraction of sp³-hybridized carbons (Fsp3) is 0.226. The number of H-pyrrole nitrogens is 1. The van der Waals surface area contributed by atoms with Gasteiger partial charge in [-0.25, -0.2) is 14.8 Å². The molecule has 0 unspecified atom stereocenters. The summed E-state index contributed by atoms with van der Waals surface area (Å²) in [5.41, 5.74) is 6.48. The molecule has 2 aromatic carbocycles. The quantitative estimate of drug-likeness (QED) is 0.236. The molecule has 1 aliphatic rings. The molecule has 1 fully saturated rings. The van der Waals surface area contributed by atoms with Crippen LogP contribution in [-0.2, 0) is 11.3 Å². The van der Waals surface area contributed by atoms with E-state index in [4.69, 9.17) is 20.1 Å². The predicted octanol–water partition coefficient (Wildman–Crippen LogP) is 6.49. The van der Waals surface area contributed by atoms with Crippen LogP contribution in [0.25, 0.3) is 32.2 Å². The number of nitrogens with one attached hydrogen (secondary N) is 1. The molecule has 8 nitrogen and oxygen atoms in total. The minimum atomic E-state index is -5.08. The van der Waals surface area contributed by atoms with Crippen molar-refractivity contribution in [3.8, 4) is 27.2 Å². The number of aliphatic carboxylic acids is 1. The molecule has 5 aromatic rings. The highest BCUT2D eigenvalue weighted by Crippen LogP contribution is 2.34. The van der Waals surface area contributed by atoms with Gasteiger partial charge in [0.15, 0.2) is 0 Å². The lowest BCUT2D eigenvalue weighted by atomic mass is 10.1. The van der Waals surface area contributed by atoms with Crippen LogP contribution in [0.2, 0.25) is 0 Å². The SMILES string of the molecule is Cc1cccc2[nH]c(-c3ccc(-c4ccc(CN5CCN(c6ccc(C#N)cn6)CC5)cc4)s3)nc12.O=C(O)C(F)(F)F. The Labute approximate surface area is 249 Å². The van der Waals surface area contributed by atoms with E-state index in [0.717, 1.165) is 60.3 Å². The van der Waals surface area contributed by atoms with Crippen molar-refractivity contribution in [3.63, 3.8) is 0 Å². The average molecular weight is 605 g/mol. The van der Waals surface area contributed by atoms with Crippen LogP contribution in [0.3, 0.4) is 0 Å². The van der Waals surface area contributed by atoms with Crippen LogP contribution >= 0.6 is 11.3 Å². The third-order valence-corrected chi connectivity index (χ3v) is 8.16. The molecule has 0 spiro atoms. The molecule has 1 saturated heterocycles. The van der Waals surface area contributed by atoms with Crippen LogP contribution < -0.4 is 4.90 Å². The van der Waals surface area contributed by atoms with Crippen molar-refractivity contribution in [2.24, 2.45) is 0 Å². The number of hydrogen-bond acceptors (Lipinski definition) is 7. The zero-order valence-electron chi connectivity index (χ0n) is 23.1. The number of benzene rings is 2. The molecule has 220 valence electrons. The van der Waals surface area contributed by atoms with E-state index in [0.29, 0.717) is 5.56 Å². The third-order valence-electron chi connectivity index (χ3n) is 7.01. The summed E-state index contributed by atoms with van der Waals surface area (Å²) in [5.74, 6) is -0.874. The van der Waals surface area contributed by atoms with Gasteiger partial charge < -0.3 is 15.0 Å². The molecule has 6 rings (SSSR count). The lowest BCUT2D eigenvalue weighted by Gasteiger charge is -2.35. The molecule has 2 N–H and O–H groups in total. The zero-order valence-corrected chi connectivity index (χ0v) is 23.9. The number of carbonyl (C=O) groups is 1. The number of carboxylic acid groups (broad SMARTS) is 1. The molecule has 0 aliphatic carbocycles. The summed E-state index contributed by atoms with van der Waals surface area (Å²) in [6, 6.07) is 25.4. The van der Waals surface area contributed by atoms with Crippen LogP contribution in [0, 0.1) is 18.3 Å². The highest BCUT2D eigenvalue weighted by molar-refractivity contribution is 7.18. The van der Waals surface area contributed by atoms with E-state index in [1.54, 1.807) is 17.5 Å². The summed E-state index contributed by atoms with van der Waals surface area (Å²) >= 11 is 1.77. The van der Waals surface area contributed by atoms with Crippen molar-refractivity contribution in [3.05, 3.63) is 89.6 Å². The van der Waals surface area contributed by atoms with Crippen molar-refractivity contribution in [2.75, 3.05) is 31.1 Å². The van der Waals surface area contributed by atoms with Crippen molar-refractivity contribution in [1.29, 1.82) is 5.26 Å². The number of hydrogen-bond donors (Lipinski definition) is 2. The third kappa shape index (κ3) is 7.20. The number of fused-ring (bicyclic) bond motifs is 1. The summed E-state index contributed by atoms with van der Waals surface area (Å²) in [5, 5.41) is 16.1. The molecule has 43 heavy (non-hydrogen) atoms. The maximum atomic E-state index is 10.6. The van der Waals surface area contributed by atoms with E-state index in [1.165, 1.54) is 21.6 Å². The van der Waals surface area contributed by atoms with Gasteiger partial charge in [-0.05, 0) is 53.9 Å². The molecule has 4 heterocycles. The van der Waals surface area contributed by atoms with Crippen LogP contribution in [-0.4, -0.2) is 63.3 Å². The number of aromatic nitrogens is 3. The Kier molecular flexibility index (Phi) is 8.75. The summed E-state index contributed by atoms with van der Waals surface area (Å²) in [6.07, 6.45) is -3.43. The first-order valence-corrected chi connectivity index (χ1v) is 14.2. The van der Waals surface area contributed by atoms with Crippen LogP contribution in [0.5, 0.6) is 0 Å². The van der Waals surface area contributed by atoms with E-state index < -0.39 is 12.1 Å². The van der Waals surface area contributed by atoms with Gasteiger partial charge in [-0.3, -0.25) is 4.90 Å². The lowest BCUT2D eigenvalue weighted by molar-refractivity contribution is -0.192. The molecule has 0 amide bonds. The van der Waals surface area contributed by atoms with Crippen molar-refractivity contribution >= 4 is 34.2 Å². The predicted molar refractivity (Wildman–Crippen MR) is 160 cm³/mol. The van der Waals surface area contributed by atoms with Gasteiger partial charge in [0.1, 0.15) is 17.7 Å². The Balaban J connectivity index is 0.000000472. The number of para-hydroxylation sites is 1. The second-order valence-electron chi connectivity index (χ2n) is 10.0. The molecular weight excluding hydrogens is 577 g/mol. The van der Waals surface area contributed by atoms with E-state index >= 15 is 0 Å². The number of thiophene rings is 1. The number of piperazine rings is 1. The topological polar surface area (TPSA) is 109 Å². The lowest BCUT2D eigenvalue weighted by Crippen LogP contribution is -2.46. The molecular formula is C31H27F3N6O2S. The molecule has 0 atom stereocenters. The molecule has 0 radical (unpaired) electrons. The number of nitrogens with zero attached hydrogens (tertiary/aromatic N) is 5. The van der Waals surface area contributed by atoms with Gasteiger partial charge >= 0.3 is 12.1 Å². The van der Waals surface area contributed by atoms with Gasteiger partial charge in [-0.15, -0.1) is 11.3 Å². The van der Waals surface area contributed by atoms with Gasteiger partial charge in [-0.2, -0.15) is 18.4 Å². The van der Waals surface area contributed by atoms with Gasteiger partial charge in [0.2, 0.25) is 0 Å². The summed E-state index contributed by atoms with van der Waals surface area (Å²) < 4.78 is 31.7. The fourth-order valence-electron chi connectivity index (χ4n) is 4.72. The Bertz CT molecular complexity index is 1750. The Morgan fingerprint density at radius 1 is 1.02 bits per heavy atom. The number of anilines is 1. The molecule has 0 bridgehead atoms. The van der Waals surface area contributed by atoms with Crippen LogP contribution in [0.15, 0.2) is 72.9 Å². The fourth-order valence-corrected chi connectivity index (χ4v) is 5.68. The molecule has 3 aromatic heterocycles. The van der Waals surface area contributed by atoms with E-state index in [-0.39, 0.29) is 0 Å². The van der Waals surface area contributed by atoms with Gasteiger partial charge in [0.05, 0.1) is 21.5 Å². The number of halogens is 3. The molecule has 0 saturated carbocycles. The minimum Gasteiger partial charge on any atom is -0.475 e. The molecule has 1 aliphatic heterocycles. The zero-order chi connectivity index (χ0) is 30.6. The monoisotopic (exact) mass is 604 g/mol. The number of carboxylic acids is 1. The highest BCUT2D eigenvalue weighted by atomic mass is 32.1. The number of pyridine rings is 1. The standard InChI is InChI=1S/C29H26N6S.C2HF3O2/c1-20-3-2-4-24-28(20)33-29(32-24)26-11-10-25(36-26)23-8-5-21(6-9-23)19-34-13-15-35(16-14-34)27-12-7-22(17-30)18-31-27;3-2(4,5)1(6)7/h2-12,18H,13-16,19H2,1H3,(H,32,33);(H,6,7). The minimum absolute atomic E-state index is 0.601. The van der Waals surface area contributed by atoms with E-state index in [2.05, 4.69) is 87.4 Å². The number of rotatable bonds is 5. The average Bonchev–Trinajstić information content (AvgIpc) is 3.67. The van der Waals surface area contributed by atoms with Gasteiger partial charge in [-0.1, -0.05) is 36.4 Å². The van der Waals surface area contributed by atoms with E-state index in [9.17, 15) is 13.2 Å². The molecule has 12 heteroatoms. The Hall–Kier alpha value is -4.73. The first-order valence-electron chi connectivity index (χ1n) is 13.4. The number of nitriles is 1. The number of aromatic amines is 1. The first-order chi connectivity index (χ1) is 20.6. The Morgan fingerprint density at radius 2 is 1.72 bits per heavy atom. The number of imidazole rings is 1. The van der Waals surface area contributed by atoms with Gasteiger partial charge in [0.25, 0.3) is 0 Å².